The zero-order chi connectivity index (χ0) is 16.7. The van der Waals surface area contributed by atoms with Crippen molar-refractivity contribution in [3.8, 4) is 17.2 Å². The average Bonchev–Trinajstić information content (AvgIpc) is 2.61. The Hall–Kier alpha value is -2.77. The van der Waals surface area contributed by atoms with E-state index >= 15 is 0 Å². The second-order valence-electron chi connectivity index (χ2n) is 5.59. The molecule has 2 aromatic rings. The van der Waals surface area contributed by atoms with Crippen molar-refractivity contribution in [2.45, 2.75) is 12.5 Å². The minimum Gasteiger partial charge on any atom is -0.733 e. The number of carbonyl (C=O) groups excluding carboxylic acids is 1. The summed E-state index contributed by atoms with van der Waals surface area (Å²) < 4.78 is 16.9. The minimum atomic E-state index is -0.441. The first-order valence-electron chi connectivity index (χ1n) is 7.51. The molecule has 2 heterocycles. The van der Waals surface area contributed by atoms with Crippen LogP contribution in [0.3, 0.4) is 0 Å². The first-order valence-corrected chi connectivity index (χ1v) is 7.51. The van der Waals surface area contributed by atoms with Gasteiger partial charge in [0, 0.05) is 0 Å². The van der Waals surface area contributed by atoms with Gasteiger partial charge in [-0.1, -0.05) is 6.07 Å². The lowest BCUT2D eigenvalue weighted by molar-refractivity contribution is 0.0849. The zero-order valence-corrected chi connectivity index (χ0v) is 12.6. The Morgan fingerprint density at radius 3 is 2.58 bits per heavy atom. The van der Waals surface area contributed by atoms with Gasteiger partial charge in [0.2, 0.25) is 0 Å². The topological polar surface area (TPSA) is 91.3 Å². The third-order valence-electron chi connectivity index (χ3n) is 4.06. The molecule has 0 radical (unpaired) electrons. The van der Waals surface area contributed by atoms with Gasteiger partial charge < -0.3 is 24.6 Å². The summed E-state index contributed by atoms with van der Waals surface area (Å²) in [7, 11) is 0. The van der Waals surface area contributed by atoms with Gasteiger partial charge in [-0.25, -0.2) is 0 Å². The smallest absolute Gasteiger partial charge is 0.170 e. The number of ketones is 1. The van der Waals surface area contributed by atoms with Crippen molar-refractivity contribution in [3.63, 3.8) is 0 Å². The van der Waals surface area contributed by atoms with E-state index in [2.05, 4.69) is 0 Å². The van der Waals surface area contributed by atoms with Crippen LogP contribution >= 0.6 is 0 Å². The monoisotopic (exact) mass is 328 g/mol. The molecule has 1 N–H and O–H groups in total. The molecule has 0 unspecified atom stereocenters. The summed E-state index contributed by atoms with van der Waals surface area (Å²) in [6, 6.07) is 9.69. The quantitative estimate of drug-likeness (QED) is 0.847. The van der Waals surface area contributed by atoms with Crippen molar-refractivity contribution in [3.05, 3.63) is 52.7 Å². The molecule has 0 spiro atoms. The Balaban J connectivity index is 1.64. The van der Waals surface area contributed by atoms with E-state index in [0.29, 0.717) is 30.5 Å². The molecule has 0 fully saturated rings. The van der Waals surface area contributed by atoms with Crippen LogP contribution in [0.25, 0.3) is 0 Å². The number of carbonyl (C=O) groups is 1. The molecule has 24 heavy (non-hydrogen) atoms. The molecular formula is C17H14NO6-. The second kappa shape index (κ2) is 5.70. The standard InChI is InChI=1S/C17H14NO6/c19-13-9-16(10-1-3-15-17(7-10)23-6-5-22-15)24-14-4-2-11(18(20)21)8-12(13)14/h1-4,7-8,16,20H,5-6,9H2/q-1/t16-/m1/s1. The summed E-state index contributed by atoms with van der Waals surface area (Å²) in [6.45, 7) is 1.00. The number of hydrogen-bond acceptors (Lipinski definition) is 7. The molecule has 2 aliphatic heterocycles. The van der Waals surface area contributed by atoms with E-state index in [1.165, 1.54) is 18.2 Å². The van der Waals surface area contributed by atoms with Gasteiger partial charge in [-0.15, -0.1) is 0 Å². The highest BCUT2D eigenvalue weighted by atomic mass is 16.8. The maximum Gasteiger partial charge on any atom is 0.170 e. The highest BCUT2D eigenvalue weighted by molar-refractivity contribution is 6.00. The van der Waals surface area contributed by atoms with E-state index in [1.807, 2.05) is 12.1 Å². The van der Waals surface area contributed by atoms with E-state index in [-0.39, 0.29) is 28.7 Å². The molecule has 2 aliphatic rings. The Labute approximate surface area is 137 Å². The fourth-order valence-electron chi connectivity index (χ4n) is 2.88. The van der Waals surface area contributed by atoms with Gasteiger partial charge in [-0.3, -0.25) is 10.0 Å². The van der Waals surface area contributed by atoms with Gasteiger partial charge >= 0.3 is 0 Å². The summed E-state index contributed by atoms with van der Waals surface area (Å²) in [5.41, 5.74) is 1.09. The number of anilines is 1. The van der Waals surface area contributed by atoms with Crippen molar-refractivity contribution in [1.82, 2.24) is 0 Å². The summed E-state index contributed by atoms with van der Waals surface area (Å²) in [4.78, 5) is 12.4. The van der Waals surface area contributed by atoms with E-state index < -0.39 is 6.10 Å². The van der Waals surface area contributed by atoms with Gasteiger partial charge in [0.05, 0.1) is 17.7 Å². The molecule has 7 nitrogen and oxygen atoms in total. The largest absolute Gasteiger partial charge is 0.733 e. The number of Topliss-reactive ketones (excluding diaryl/α,β-unsaturated/α-hetero) is 1. The van der Waals surface area contributed by atoms with E-state index in [1.54, 1.807) is 6.07 Å². The van der Waals surface area contributed by atoms with Gasteiger partial charge in [0.25, 0.3) is 0 Å². The van der Waals surface area contributed by atoms with Crippen LogP contribution < -0.4 is 19.4 Å². The summed E-state index contributed by atoms with van der Waals surface area (Å²) in [5, 5.41) is 19.6. The van der Waals surface area contributed by atoms with E-state index in [4.69, 9.17) is 19.4 Å². The van der Waals surface area contributed by atoms with Crippen molar-refractivity contribution < 1.29 is 24.2 Å². The molecule has 0 saturated carbocycles. The average molecular weight is 328 g/mol. The van der Waals surface area contributed by atoms with Crippen LogP contribution in [0.1, 0.15) is 28.4 Å². The molecule has 2 aromatic carbocycles. The molecule has 0 aliphatic carbocycles. The maximum atomic E-state index is 12.4. The fraction of sp³-hybridized carbons (Fsp3) is 0.235. The Morgan fingerprint density at radius 2 is 1.79 bits per heavy atom. The molecule has 7 heteroatoms. The Morgan fingerprint density at radius 1 is 1.04 bits per heavy atom. The lowest BCUT2D eigenvalue weighted by Gasteiger charge is -2.28. The molecular weight excluding hydrogens is 314 g/mol. The second-order valence-corrected chi connectivity index (χ2v) is 5.59. The highest BCUT2D eigenvalue weighted by Gasteiger charge is 2.29. The van der Waals surface area contributed by atoms with Crippen molar-refractivity contribution in [2.75, 3.05) is 18.4 Å². The summed E-state index contributed by atoms with van der Waals surface area (Å²) in [6.07, 6.45) is -0.301. The molecule has 4 rings (SSSR count). The lowest BCUT2D eigenvalue weighted by atomic mass is 9.95. The number of ether oxygens (including phenoxy) is 3. The van der Waals surface area contributed by atoms with Crippen molar-refractivity contribution >= 4 is 11.5 Å². The number of fused-ring (bicyclic) bond motifs is 2. The molecule has 0 amide bonds. The first kappa shape index (κ1) is 14.8. The van der Waals surface area contributed by atoms with Gasteiger partial charge in [-0.2, -0.15) is 0 Å². The van der Waals surface area contributed by atoms with Crippen LogP contribution in [0.15, 0.2) is 36.4 Å². The number of hydrogen-bond donors (Lipinski definition) is 1. The van der Waals surface area contributed by atoms with E-state index in [9.17, 15) is 10.0 Å². The van der Waals surface area contributed by atoms with Crippen LogP contribution in [0, 0.1) is 5.21 Å². The number of benzene rings is 2. The summed E-state index contributed by atoms with van der Waals surface area (Å²) >= 11 is 0. The van der Waals surface area contributed by atoms with Crippen LogP contribution in [0.4, 0.5) is 5.69 Å². The fourth-order valence-corrected chi connectivity index (χ4v) is 2.88. The SMILES string of the molecule is O=C1C[C@H](c2ccc3c(c2)OCCO3)Oc2ccc(N([O-])O)cc21. The lowest BCUT2D eigenvalue weighted by Crippen LogP contribution is -2.21. The first-order chi connectivity index (χ1) is 11.6. The van der Waals surface area contributed by atoms with Crippen LogP contribution in [-0.4, -0.2) is 24.2 Å². The van der Waals surface area contributed by atoms with Crippen molar-refractivity contribution in [1.29, 1.82) is 0 Å². The Bertz CT molecular complexity index is 804. The molecule has 124 valence electrons. The molecule has 1 atom stereocenters. The molecule has 0 saturated heterocycles. The van der Waals surface area contributed by atoms with Crippen molar-refractivity contribution in [2.24, 2.45) is 0 Å². The zero-order valence-electron chi connectivity index (χ0n) is 12.6. The summed E-state index contributed by atoms with van der Waals surface area (Å²) in [5.74, 6) is 1.55. The molecule has 0 bridgehead atoms. The van der Waals surface area contributed by atoms with E-state index in [0.717, 1.165) is 5.56 Å². The van der Waals surface area contributed by atoms with Gasteiger partial charge in [-0.05, 0) is 35.9 Å². The molecule has 0 aromatic heterocycles. The van der Waals surface area contributed by atoms with Crippen LogP contribution in [-0.2, 0) is 0 Å². The Kier molecular flexibility index (Phi) is 3.51. The normalized spacial score (nSPS) is 18.6. The maximum absolute atomic E-state index is 12.4. The van der Waals surface area contributed by atoms with Gasteiger partial charge in [0.1, 0.15) is 25.1 Å². The minimum absolute atomic E-state index is 0.0107. The third kappa shape index (κ3) is 2.53. The van der Waals surface area contributed by atoms with Crippen LogP contribution in [0.2, 0.25) is 0 Å². The number of rotatable bonds is 2. The third-order valence-corrected chi connectivity index (χ3v) is 4.06. The predicted molar refractivity (Wildman–Crippen MR) is 83.8 cm³/mol. The number of nitrogens with zero attached hydrogens (tertiary/aromatic N) is 1. The van der Waals surface area contributed by atoms with Gasteiger partial charge in [0.15, 0.2) is 17.3 Å². The highest BCUT2D eigenvalue weighted by Crippen LogP contribution is 2.39. The van der Waals surface area contributed by atoms with Crippen LogP contribution in [0.5, 0.6) is 17.2 Å². The predicted octanol–water partition coefficient (Wildman–Crippen LogP) is 2.86.